The van der Waals surface area contributed by atoms with Gasteiger partial charge in [0.05, 0.1) is 0 Å². The first-order valence-electron chi connectivity index (χ1n) is 8.75. The lowest BCUT2D eigenvalue weighted by Gasteiger charge is -2.33. The minimum Gasteiger partial charge on any atom is -0.347 e. The molecule has 1 aliphatic rings. The van der Waals surface area contributed by atoms with Crippen LogP contribution < -0.4 is 5.32 Å². The molecule has 0 radical (unpaired) electrons. The number of hydrogen-bond donors (Lipinski definition) is 1. The highest BCUT2D eigenvalue weighted by atomic mass is 32.2. The van der Waals surface area contributed by atoms with E-state index in [1.54, 1.807) is 4.31 Å². The smallest absolute Gasteiger partial charge is 0.245 e. The van der Waals surface area contributed by atoms with Crippen molar-refractivity contribution in [2.75, 3.05) is 19.6 Å². The van der Waals surface area contributed by atoms with Crippen LogP contribution in [0.15, 0.2) is 29.2 Å². The van der Waals surface area contributed by atoms with Crippen LogP contribution in [0.3, 0.4) is 0 Å². The van der Waals surface area contributed by atoms with Crippen LogP contribution in [0.5, 0.6) is 0 Å². The Morgan fingerprint density at radius 3 is 2.58 bits per heavy atom. The van der Waals surface area contributed by atoms with Gasteiger partial charge >= 0.3 is 0 Å². The molecule has 0 saturated carbocycles. The number of aryl methyl sites for hydroxylation is 1. The van der Waals surface area contributed by atoms with Crippen molar-refractivity contribution in [2.24, 2.45) is 7.05 Å². The Labute approximate surface area is 144 Å². The summed E-state index contributed by atoms with van der Waals surface area (Å²) in [6.45, 7) is 6.29. The van der Waals surface area contributed by atoms with E-state index >= 15 is 0 Å². The first-order valence-corrected chi connectivity index (χ1v) is 10.2. The van der Waals surface area contributed by atoms with E-state index in [2.05, 4.69) is 5.32 Å². The zero-order chi connectivity index (χ0) is 17.3. The topological polar surface area (TPSA) is 54.3 Å². The Bertz CT molecular complexity index is 820. The summed E-state index contributed by atoms with van der Waals surface area (Å²) in [5, 5.41) is 4.15. The van der Waals surface area contributed by atoms with Crippen molar-refractivity contribution in [1.82, 2.24) is 14.2 Å². The fourth-order valence-corrected chi connectivity index (χ4v) is 5.96. The van der Waals surface area contributed by atoms with Gasteiger partial charge in [-0.1, -0.05) is 25.1 Å². The number of piperidine rings is 1. The number of rotatable bonds is 5. The second-order valence-corrected chi connectivity index (χ2v) is 8.42. The zero-order valence-electron chi connectivity index (χ0n) is 14.7. The van der Waals surface area contributed by atoms with E-state index < -0.39 is 10.0 Å². The van der Waals surface area contributed by atoms with Crippen LogP contribution in [0.2, 0.25) is 0 Å². The van der Waals surface area contributed by atoms with Gasteiger partial charge in [-0.05, 0) is 45.3 Å². The summed E-state index contributed by atoms with van der Waals surface area (Å²) in [6, 6.07) is 7.86. The van der Waals surface area contributed by atoms with Crippen molar-refractivity contribution in [2.45, 2.75) is 44.0 Å². The first-order chi connectivity index (χ1) is 11.5. The molecule has 0 bridgehead atoms. The third-order valence-electron chi connectivity index (χ3n) is 5.07. The van der Waals surface area contributed by atoms with Gasteiger partial charge in [-0.25, -0.2) is 8.42 Å². The van der Waals surface area contributed by atoms with Crippen molar-refractivity contribution in [3.8, 4) is 0 Å². The third-order valence-corrected chi connectivity index (χ3v) is 7.20. The third kappa shape index (κ3) is 2.87. The predicted molar refractivity (Wildman–Crippen MR) is 97.7 cm³/mol. The number of sulfonamides is 1. The summed E-state index contributed by atoms with van der Waals surface area (Å²) in [4.78, 5) is 0.479. The monoisotopic (exact) mass is 349 g/mol. The van der Waals surface area contributed by atoms with Crippen LogP contribution >= 0.6 is 0 Å². The van der Waals surface area contributed by atoms with Gasteiger partial charge in [-0.15, -0.1) is 0 Å². The number of nitrogens with zero attached hydrogens (tertiary/aromatic N) is 2. The van der Waals surface area contributed by atoms with E-state index in [9.17, 15) is 8.42 Å². The standard InChI is InChI=1S/C18H27N3O2S/c1-4-13-21(15-9-11-19-12-10-15)24(22,23)18-14(2)20(3)17-8-6-5-7-16(17)18/h5-8,15,19H,4,9-13H2,1-3H3. The average molecular weight is 350 g/mol. The number of nitrogens with one attached hydrogen (secondary N) is 1. The van der Waals surface area contributed by atoms with Gasteiger partial charge in [0.25, 0.3) is 0 Å². The van der Waals surface area contributed by atoms with Gasteiger partial charge in [0.1, 0.15) is 4.90 Å². The molecule has 132 valence electrons. The summed E-state index contributed by atoms with van der Waals surface area (Å²) in [7, 11) is -1.58. The number of para-hydroxylation sites is 1. The Balaban J connectivity index is 2.13. The van der Waals surface area contributed by atoms with E-state index in [1.165, 1.54) is 0 Å². The van der Waals surface area contributed by atoms with Gasteiger partial charge in [-0.2, -0.15) is 4.31 Å². The number of fused-ring (bicyclic) bond motifs is 1. The lowest BCUT2D eigenvalue weighted by atomic mass is 10.1. The Morgan fingerprint density at radius 1 is 1.25 bits per heavy atom. The molecule has 0 aliphatic carbocycles. The highest BCUT2D eigenvalue weighted by Gasteiger charge is 2.35. The highest BCUT2D eigenvalue weighted by molar-refractivity contribution is 7.89. The Hall–Kier alpha value is -1.37. The molecule has 1 aliphatic heterocycles. The maximum Gasteiger partial charge on any atom is 0.245 e. The van der Waals surface area contributed by atoms with Crippen LogP contribution in [0.25, 0.3) is 10.9 Å². The molecule has 6 heteroatoms. The summed E-state index contributed by atoms with van der Waals surface area (Å²) < 4.78 is 30.9. The molecule has 2 aromatic rings. The summed E-state index contributed by atoms with van der Waals surface area (Å²) >= 11 is 0. The maximum absolute atomic E-state index is 13.6. The molecule has 0 unspecified atom stereocenters. The quantitative estimate of drug-likeness (QED) is 0.903. The number of aromatic nitrogens is 1. The fourth-order valence-electron chi connectivity index (χ4n) is 3.74. The molecule has 1 aromatic carbocycles. The van der Waals surface area contributed by atoms with Crippen molar-refractivity contribution >= 4 is 20.9 Å². The van der Waals surface area contributed by atoms with Crippen molar-refractivity contribution in [3.05, 3.63) is 30.0 Å². The molecule has 1 fully saturated rings. The molecule has 0 amide bonds. The minimum absolute atomic E-state index is 0.0922. The Morgan fingerprint density at radius 2 is 1.92 bits per heavy atom. The van der Waals surface area contributed by atoms with E-state index in [-0.39, 0.29) is 6.04 Å². The molecule has 5 nitrogen and oxygen atoms in total. The molecular formula is C18H27N3O2S. The molecule has 1 saturated heterocycles. The van der Waals surface area contributed by atoms with E-state index in [0.29, 0.717) is 11.4 Å². The van der Waals surface area contributed by atoms with E-state index in [4.69, 9.17) is 0 Å². The SMILES string of the molecule is CCCN(C1CCNCC1)S(=O)(=O)c1c(C)n(C)c2ccccc12. The highest BCUT2D eigenvalue weighted by Crippen LogP contribution is 2.33. The number of benzene rings is 1. The first kappa shape index (κ1) is 17.5. The molecular weight excluding hydrogens is 322 g/mol. The summed E-state index contributed by atoms with van der Waals surface area (Å²) in [6.07, 6.45) is 2.58. The zero-order valence-corrected chi connectivity index (χ0v) is 15.6. The van der Waals surface area contributed by atoms with E-state index in [1.807, 2.05) is 49.7 Å². The van der Waals surface area contributed by atoms with E-state index in [0.717, 1.165) is 48.9 Å². The molecule has 2 heterocycles. The summed E-state index contributed by atoms with van der Waals surface area (Å²) in [5.41, 5.74) is 1.78. The lowest BCUT2D eigenvalue weighted by molar-refractivity contribution is 0.262. The van der Waals surface area contributed by atoms with Crippen LogP contribution in [0.1, 0.15) is 31.9 Å². The average Bonchev–Trinajstić information content (AvgIpc) is 2.85. The molecule has 0 atom stereocenters. The molecule has 24 heavy (non-hydrogen) atoms. The van der Waals surface area contributed by atoms with Crippen molar-refractivity contribution in [1.29, 1.82) is 0 Å². The van der Waals surface area contributed by atoms with Crippen LogP contribution in [0.4, 0.5) is 0 Å². The van der Waals surface area contributed by atoms with Gasteiger partial charge < -0.3 is 9.88 Å². The largest absolute Gasteiger partial charge is 0.347 e. The molecule has 3 rings (SSSR count). The second kappa shape index (κ2) is 6.86. The van der Waals surface area contributed by atoms with Crippen molar-refractivity contribution in [3.63, 3.8) is 0 Å². The van der Waals surface area contributed by atoms with Crippen LogP contribution in [-0.2, 0) is 17.1 Å². The summed E-state index contributed by atoms with van der Waals surface area (Å²) in [5.74, 6) is 0. The minimum atomic E-state index is -3.51. The van der Waals surface area contributed by atoms with Crippen molar-refractivity contribution < 1.29 is 8.42 Å². The molecule has 1 aromatic heterocycles. The molecule has 1 N–H and O–H groups in total. The normalized spacial score (nSPS) is 17.0. The molecule has 0 spiro atoms. The maximum atomic E-state index is 13.6. The van der Waals surface area contributed by atoms with Gasteiger partial charge in [-0.3, -0.25) is 0 Å². The Kier molecular flexibility index (Phi) is 4.99. The second-order valence-electron chi connectivity index (χ2n) is 6.59. The van der Waals surface area contributed by atoms with Gasteiger partial charge in [0, 0.05) is 36.2 Å². The number of hydrogen-bond acceptors (Lipinski definition) is 3. The fraction of sp³-hybridized carbons (Fsp3) is 0.556. The van der Waals surface area contributed by atoms with Gasteiger partial charge in [0.2, 0.25) is 10.0 Å². The predicted octanol–water partition coefficient (Wildman–Crippen LogP) is 2.64. The lowest BCUT2D eigenvalue weighted by Crippen LogP contribution is -2.46. The van der Waals surface area contributed by atoms with Crippen LogP contribution in [-0.4, -0.2) is 43.0 Å². The van der Waals surface area contributed by atoms with Crippen LogP contribution in [0, 0.1) is 6.92 Å². The van der Waals surface area contributed by atoms with Gasteiger partial charge in [0.15, 0.2) is 0 Å².